The Bertz CT molecular complexity index is 524. The number of benzene rings is 2. The highest BCUT2D eigenvalue weighted by atomic mass is 15.1. The van der Waals surface area contributed by atoms with Crippen LogP contribution in [0.5, 0.6) is 0 Å². The lowest BCUT2D eigenvalue weighted by Crippen LogP contribution is -2.17. The maximum absolute atomic E-state index is 2.27. The number of hydrogen-bond acceptors (Lipinski definition) is 1. The van der Waals surface area contributed by atoms with E-state index in [0.29, 0.717) is 0 Å². The largest absolute Gasteiger partial charge is 0.317 e. The lowest BCUT2D eigenvalue weighted by Gasteiger charge is -2.30. The zero-order valence-corrected chi connectivity index (χ0v) is 9.93. The maximum atomic E-state index is 2.27. The van der Waals surface area contributed by atoms with Gasteiger partial charge in [0.25, 0.3) is 0 Å². The fourth-order valence-electron chi connectivity index (χ4n) is 2.44. The van der Waals surface area contributed by atoms with Gasteiger partial charge in [-0.05, 0) is 30.2 Å². The molecule has 0 saturated carbocycles. The average molecular weight is 221 g/mol. The summed E-state index contributed by atoms with van der Waals surface area (Å²) in [7, 11) is 0. The Kier molecular flexibility index (Phi) is 2.45. The van der Waals surface area contributed by atoms with Gasteiger partial charge in [0.05, 0.1) is 0 Å². The molecular formula is C16H15N. The number of nitrogens with zero attached hydrogens (tertiary/aromatic N) is 1. The Morgan fingerprint density at radius 2 is 1.41 bits per heavy atom. The lowest BCUT2D eigenvalue weighted by atomic mass is 9.96. The van der Waals surface area contributed by atoms with E-state index in [9.17, 15) is 0 Å². The Balaban J connectivity index is 2.20. The third-order valence-electron chi connectivity index (χ3n) is 3.18. The second kappa shape index (κ2) is 4.10. The van der Waals surface area contributed by atoms with Gasteiger partial charge in [0.2, 0.25) is 0 Å². The van der Waals surface area contributed by atoms with Crippen molar-refractivity contribution in [3.8, 4) is 0 Å². The summed E-state index contributed by atoms with van der Waals surface area (Å²) in [4.78, 5) is 2.27. The zero-order chi connectivity index (χ0) is 11.7. The standard InChI is InChI=1S/C16H15N/c1-2-11-17-15-9-5-3-7-13(15)12-14-8-4-6-10-16(14)17/h2-11H,12H2,1H3. The van der Waals surface area contributed by atoms with Gasteiger partial charge in [-0.3, -0.25) is 0 Å². The van der Waals surface area contributed by atoms with E-state index in [0.717, 1.165) is 6.42 Å². The molecule has 1 heterocycles. The number of fused-ring (bicyclic) bond motifs is 2. The molecule has 0 saturated heterocycles. The van der Waals surface area contributed by atoms with Crippen molar-refractivity contribution in [3.05, 3.63) is 71.9 Å². The minimum atomic E-state index is 1.03. The van der Waals surface area contributed by atoms with Crippen molar-refractivity contribution < 1.29 is 0 Å². The van der Waals surface area contributed by atoms with Crippen LogP contribution in [0.4, 0.5) is 11.4 Å². The predicted molar refractivity (Wildman–Crippen MR) is 72.6 cm³/mol. The second-order valence-corrected chi connectivity index (χ2v) is 4.29. The first-order valence-corrected chi connectivity index (χ1v) is 5.98. The summed E-state index contributed by atoms with van der Waals surface area (Å²) in [5, 5.41) is 0. The van der Waals surface area contributed by atoms with Gasteiger partial charge in [-0.25, -0.2) is 0 Å². The molecular weight excluding hydrogens is 206 g/mol. The molecule has 1 aliphatic heterocycles. The van der Waals surface area contributed by atoms with Crippen LogP contribution in [-0.4, -0.2) is 0 Å². The quantitative estimate of drug-likeness (QED) is 0.695. The van der Waals surface area contributed by atoms with Crippen LogP contribution in [0.1, 0.15) is 18.1 Å². The van der Waals surface area contributed by atoms with Gasteiger partial charge in [0, 0.05) is 24.0 Å². The molecule has 0 atom stereocenters. The maximum Gasteiger partial charge on any atom is 0.0490 e. The molecule has 84 valence electrons. The van der Waals surface area contributed by atoms with Crippen LogP contribution in [0.15, 0.2) is 60.8 Å². The Morgan fingerprint density at radius 3 is 1.94 bits per heavy atom. The normalized spacial score (nSPS) is 13.6. The van der Waals surface area contributed by atoms with Gasteiger partial charge < -0.3 is 4.90 Å². The molecule has 0 aromatic heterocycles. The number of allylic oxidation sites excluding steroid dienone is 1. The first kappa shape index (κ1) is 10.2. The highest BCUT2D eigenvalue weighted by Gasteiger charge is 2.19. The summed E-state index contributed by atoms with van der Waals surface area (Å²) in [6.07, 6.45) is 5.25. The summed E-state index contributed by atoms with van der Waals surface area (Å²) in [6.45, 7) is 2.06. The van der Waals surface area contributed by atoms with Gasteiger partial charge in [-0.15, -0.1) is 0 Å². The van der Waals surface area contributed by atoms with Crippen LogP contribution in [0.2, 0.25) is 0 Å². The zero-order valence-electron chi connectivity index (χ0n) is 9.93. The van der Waals surface area contributed by atoms with Crippen LogP contribution in [0.25, 0.3) is 0 Å². The summed E-state index contributed by atoms with van der Waals surface area (Å²) < 4.78 is 0. The van der Waals surface area contributed by atoms with Gasteiger partial charge >= 0.3 is 0 Å². The molecule has 1 aliphatic rings. The van der Waals surface area contributed by atoms with Crippen LogP contribution in [0, 0.1) is 0 Å². The summed E-state index contributed by atoms with van der Waals surface area (Å²) >= 11 is 0. The Hall–Kier alpha value is -2.02. The molecule has 0 unspecified atom stereocenters. The molecule has 0 fully saturated rings. The summed E-state index contributed by atoms with van der Waals surface area (Å²) in [6, 6.07) is 17.2. The summed E-state index contributed by atoms with van der Waals surface area (Å²) in [5.74, 6) is 0. The van der Waals surface area contributed by atoms with E-state index >= 15 is 0 Å². The van der Waals surface area contributed by atoms with Crippen molar-refractivity contribution >= 4 is 11.4 Å². The van der Waals surface area contributed by atoms with Crippen molar-refractivity contribution in [2.75, 3.05) is 4.90 Å². The average Bonchev–Trinajstić information content (AvgIpc) is 2.39. The van der Waals surface area contributed by atoms with Crippen LogP contribution < -0.4 is 4.90 Å². The van der Waals surface area contributed by atoms with Crippen LogP contribution in [0.3, 0.4) is 0 Å². The van der Waals surface area contributed by atoms with Gasteiger partial charge in [-0.2, -0.15) is 0 Å². The van der Waals surface area contributed by atoms with E-state index in [1.165, 1.54) is 22.5 Å². The molecule has 2 aromatic carbocycles. The number of para-hydroxylation sites is 2. The predicted octanol–water partition coefficient (Wildman–Crippen LogP) is 4.26. The van der Waals surface area contributed by atoms with Crippen LogP contribution >= 0.6 is 0 Å². The van der Waals surface area contributed by atoms with Crippen molar-refractivity contribution in [1.82, 2.24) is 0 Å². The highest BCUT2D eigenvalue weighted by molar-refractivity contribution is 5.75. The van der Waals surface area contributed by atoms with Gasteiger partial charge in [-0.1, -0.05) is 42.5 Å². The van der Waals surface area contributed by atoms with Crippen LogP contribution in [-0.2, 0) is 6.42 Å². The smallest absolute Gasteiger partial charge is 0.0490 e. The molecule has 0 N–H and O–H groups in total. The van der Waals surface area contributed by atoms with E-state index < -0.39 is 0 Å². The molecule has 0 aliphatic carbocycles. The fourth-order valence-corrected chi connectivity index (χ4v) is 2.44. The molecule has 1 heteroatoms. The number of anilines is 2. The monoisotopic (exact) mass is 221 g/mol. The second-order valence-electron chi connectivity index (χ2n) is 4.29. The topological polar surface area (TPSA) is 3.24 Å². The molecule has 0 bridgehead atoms. The molecule has 1 nitrogen and oxygen atoms in total. The minimum absolute atomic E-state index is 1.03. The van der Waals surface area contributed by atoms with Crippen molar-refractivity contribution in [2.45, 2.75) is 13.3 Å². The molecule has 2 aromatic rings. The fraction of sp³-hybridized carbons (Fsp3) is 0.125. The van der Waals surface area contributed by atoms with Gasteiger partial charge in [0.15, 0.2) is 0 Å². The Labute approximate surface area is 102 Å². The molecule has 17 heavy (non-hydrogen) atoms. The summed E-state index contributed by atoms with van der Waals surface area (Å²) in [5.41, 5.74) is 5.38. The van der Waals surface area contributed by atoms with E-state index in [2.05, 4.69) is 72.6 Å². The van der Waals surface area contributed by atoms with E-state index in [1.54, 1.807) is 0 Å². The Morgan fingerprint density at radius 1 is 0.882 bits per heavy atom. The molecule has 0 amide bonds. The van der Waals surface area contributed by atoms with Gasteiger partial charge in [0.1, 0.15) is 0 Å². The van der Waals surface area contributed by atoms with E-state index in [-0.39, 0.29) is 0 Å². The van der Waals surface area contributed by atoms with E-state index in [1.807, 2.05) is 0 Å². The number of rotatable bonds is 1. The lowest BCUT2D eigenvalue weighted by molar-refractivity contribution is 1.08. The highest BCUT2D eigenvalue weighted by Crippen LogP contribution is 2.38. The first-order valence-electron chi connectivity index (χ1n) is 5.98. The van der Waals surface area contributed by atoms with Crippen molar-refractivity contribution in [1.29, 1.82) is 0 Å². The third-order valence-corrected chi connectivity index (χ3v) is 3.18. The SMILES string of the molecule is CC=CN1c2ccccc2Cc2ccccc21. The minimum Gasteiger partial charge on any atom is -0.317 e. The van der Waals surface area contributed by atoms with E-state index in [4.69, 9.17) is 0 Å². The molecule has 0 spiro atoms. The molecule has 3 rings (SSSR count). The molecule has 0 radical (unpaired) electrons. The van der Waals surface area contributed by atoms with Crippen molar-refractivity contribution in [3.63, 3.8) is 0 Å². The first-order chi connectivity index (χ1) is 8.40. The van der Waals surface area contributed by atoms with Crippen molar-refractivity contribution in [2.24, 2.45) is 0 Å². The third kappa shape index (κ3) is 1.64. The number of hydrogen-bond donors (Lipinski definition) is 0.